The van der Waals surface area contributed by atoms with Crippen molar-refractivity contribution in [2.75, 3.05) is 13.1 Å². The largest absolute Gasteiger partial charge is 0.310 e. The Morgan fingerprint density at radius 2 is 2.08 bits per heavy atom. The molecule has 128 valence electrons. The van der Waals surface area contributed by atoms with Crippen molar-refractivity contribution < 1.29 is 4.79 Å². The zero-order chi connectivity index (χ0) is 17.6. The Bertz CT molecular complexity index is 904. The number of aliphatic imine (C=N–C) groups is 1. The first-order chi connectivity index (χ1) is 12.0. The van der Waals surface area contributed by atoms with E-state index in [0.29, 0.717) is 12.5 Å². The standard InChI is InChI=1S/C20H22N4O/c1-13(2)17-11-23(12-22-17)19-9-18-16-6-4-5-14(3)15(16)7-8-24(18)20(25)10-21-19/h4-6,9,11-13H,7-8,10H2,1-3H3. The van der Waals surface area contributed by atoms with E-state index in [1.165, 1.54) is 11.1 Å². The van der Waals surface area contributed by atoms with Gasteiger partial charge in [0.1, 0.15) is 18.7 Å². The number of carbonyl (C=O) groups is 1. The minimum atomic E-state index is 0.0533. The van der Waals surface area contributed by atoms with Gasteiger partial charge in [-0.15, -0.1) is 0 Å². The number of allylic oxidation sites excluding steroid dienone is 1. The van der Waals surface area contributed by atoms with Crippen molar-refractivity contribution in [2.45, 2.75) is 33.1 Å². The lowest BCUT2D eigenvalue weighted by atomic mass is 9.92. The molecule has 3 heterocycles. The molecule has 1 aromatic heterocycles. The molecule has 0 radical (unpaired) electrons. The van der Waals surface area contributed by atoms with Crippen molar-refractivity contribution in [3.8, 4) is 0 Å². The number of rotatable bonds is 1. The highest BCUT2D eigenvalue weighted by molar-refractivity contribution is 6.06. The molecule has 1 aromatic carbocycles. The number of aromatic nitrogens is 2. The third-order valence-electron chi connectivity index (χ3n) is 4.96. The Kier molecular flexibility index (Phi) is 3.79. The molecule has 0 aliphatic carbocycles. The fourth-order valence-electron chi connectivity index (χ4n) is 3.50. The molecule has 2 aliphatic heterocycles. The number of amides is 1. The summed E-state index contributed by atoms with van der Waals surface area (Å²) in [5.74, 6) is 1.17. The van der Waals surface area contributed by atoms with E-state index in [-0.39, 0.29) is 12.5 Å². The maximum Gasteiger partial charge on any atom is 0.248 e. The number of aryl methyl sites for hydroxylation is 1. The van der Waals surface area contributed by atoms with Crippen LogP contribution in [0, 0.1) is 6.92 Å². The number of hydrogen-bond acceptors (Lipinski definition) is 3. The van der Waals surface area contributed by atoms with Crippen LogP contribution in [-0.4, -0.2) is 39.3 Å². The molecule has 0 spiro atoms. The third kappa shape index (κ3) is 2.69. The molecular weight excluding hydrogens is 312 g/mol. The first-order valence-corrected chi connectivity index (χ1v) is 8.74. The van der Waals surface area contributed by atoms with E-state index in [1.54, 1.807) is 6.33 Å². The molecule has 0 saturated heterocycles. The normalized spacial score (nSPS) is 17.0. The third-order valence-corrected chi connectivity index (χ3v) is 4.96. The van der Waals surface area contributed by atoms with Gasteiger partial charge < -0.3 is 4.90 Å². The van der Waals surface area contributed by atoms with Crippen LogP contribution in [0.15, 0.2) is 41.8 Å². The molecule has 0 bridgehead atoms. The fourth-order valence-corrected chi connectivity index (χ4v) is 3.50. The summed E-state index contributed by atoms with van der Waals surface area (Å²) in [6.07, 6.45) is 6.70. The molecule has 25 heavy (non-hydrogen) atoms. The average molecular weight is 334 g/mol. The molecule has 0 N–H and O–H groups in total. The maximum absolute atomic E-state index is 12.6. The van der Waals surface area contributed by atoms with Crippen molar-refractivity contribution in [1.82, 2.24) is 14.5 Å². The molecular formula is C20H22N4O. The summed E-state index contributed by atoms with van der Waals surface area (Å²) in [6, 6.07) is 6.29. The van der Waals surface area contributed by atoms with Crippen LogP contribution in [0.3, 0.4) is 0 Å². The van der Waals surface area contributed by atoms with Crippen LogP contribution in [0.2, 0.25) is 0 Å². The molecule has 0 fully saturated rings. The second-order valence-electron chi connectivity index (χ2n) is 6.96. The number of fused-ring (bicyclic) bond motifs is 3. The highest BCUT2D eigenvalue weighted by Gasteiger charge is 2.28. The van der Waals surface area contributed by atoms with Crippen LogP contribution in [-0.2, 0) is 11.2 Å². The Morgan fingerprint density at radius 1 is 1.24 bits per heavy atom. The van der Waals surface area contributed by atoms with Gasteiger partial charge in [-0.1, -0.05) is 32.0 Å². The minimum Gasteiger partial charge on any atom is -0.310 e. The number of nitrogens with zero attached hydrogens (tertiary/aromatic N) is 4. The maximum atomic E-state index is 12.6. The lowest BCUT2D eigenvalue weighted by Crippen LogP contribution is -2.36. The van der Waals surface area contributed by atoms with E-state index in [4.69, 9.17) is 0 Å². The second kappa shape index (κ2) is 5.99. The van der Waals surface area contributed by atoms with E-state index in [9.17, 15) is 4.79 Å². The monoisotopic (exact) mass is 334 g/mol. The highest BCUT2D eigenvalue weighted by atomic mass is 16.2. The summed E-state index contributed by atoms with van der Waals surface area (Å²) in [5, 5.41) is 0. The van der Waals surface area contributed by atoms with Gasteiger partial charge in [-0.05, 0) is 30.4 Å². The van der Waals surface area contributed by atoms with E-state index in [0.717, 1.165) is 29.2 Å². The quantitative estimate of drug-likeness (QED) is 0.805. The number of carbonyl (C=O) groups excluding carboxylic acids is 1. The average Bonchev–Trinajstić information content (AvgIpc) is 3.02. The van der Waals surface area contributed by atoms with Crippen LogP contribution in [0.25, 0.3) is 5.70 Å². The predicted octanol–water partition coefficient (Wildman–Crippen LogP) is 3.00. The van der Waals surface area contributed by atoms with Crippen molar-refractivity contribution in [1.29, 1.82) is 0 Å². The van der Waals surface area contributed by atoms with E-state index < -0.39 is 0 Å². The van der Waals surface area contributed by atoms with Crippen molar-refractivity contribution >= 4 is 17.4 Å². The Labute approximate surface area is 147 Å². The Hall–Kier alpha value is -2.69. The van der Waals surface area contributed by atoms with Crippen LogP contribution in [0.5, 0.6) is 0 Å². The van der Waals surface area contributed by atoms with Gasteiger partial charge in [-0.2, -0.15) is 0 Å². The molecule has 5 heteroatoms. The summed E-state index contributed by atoms with van der Waals surface area (Å²) in [5.41, 5.74) is 5.71. The van der Waals surface area contributed by atoms with E-state index >= 15 is 0 Å². The molecule has 0 unspecified atom stereocenters. The summed E-state index contributed by atoms with van der Waals surface area (Å²) in [7, 11) is 0. The zero-order valence-electron chi connectivity index (χ0n) is 14.9. The first-order valence-electron chi connectivity index (χ1n) is 8.74. The van der Waals surface area contributed by atoms with Gasteiger partial charge in [0.2, 0.25) is 5.91 Å². The van der Waals surface area contributed by atoms with Gasteiger partial charge in [0, 0.05) is 24.4 Å². The topological polar surface area (TPSA) is 50.5 Å². The molecule has 1 amide bonds. The Morgan fingerprint density at radius 3 is 2.84 bits per heavy atom. The van der Waals surface area contributed by atoms with E-state index in [1.807, 2.05) is 21.7 Å². The van der Waals surface area contributed by atoms with Gasteiger partial charge in [0.25, 0.3) is 0 Å². The van der Waals surface area contributed by atoms with Crippen LogP contribution >= 0.6 is 0 Å². The van der Waals surface area contributed by atoms with Crippen molar-refractivity contribution in [3.63, 3.8) is 0 Å². The molecule has 0 atom stereocenters. The zero-order valence-corrected chi connectivity index (χ0v) is 14.9. The summed E-state index contributed by atoms with van der Waals surface area (Å²) in [6.45, 7) is 7.25. The fraction of sp³-hybridized carbons (Fsp3) is 0.350. The van der Waals surface area contributed by atoms with E-state index in [2.05, 4.69) is 48.9 Å². The first kappa shape index (κ1) is 15.8. The Balaban J connectivity index is 1.83. The lowest BCUT2D eigenvalue weighted by molar-refractivity contribution is -0.126. The summed E-state index contributed by atoms with van der Waals surface area (Å²) in [4.78, 5) is 23.5. The number of imidazole rings is 1. The van der Waals surface area contributed by atoms with Crippen LogP contribution in [0.1, 0.15) is 42.1 Å². The number of benzene rings is 1. The molecule has 5 nitrogen and oxygen atoms in total. The predicted molar refractivity (Wildman–Crippen MR) is 98.6 cm³/mol. The summed E-state index contributed by atoms with van der Waals surface area (Å²) < 4.78 is 1.92. The molecule has 4 rings (SSSR count). The molecule has 2 aromatic rings. The smallest absolute Gasteiger partial charge is 0.248 e. The van der Waals surface area contributed by atoms with Gasteiger partial charge in [-0.25, -0.2) is 4.98 Å². The number of hydrogen-bond donors (Lipinski definition) is 0. The van der Waals surface area contributed by atoms with Gasteiger partial charge >= 0.3 is 0 Å². The van der Waals surface area contributed by atoms with Gasteiger partial charge in [-0.3, -0.25) is 14.4 Å². The summed E-state index contributed by atoms with van der Waals surface area (Å²) >= 11 is 0. The van der Waals surface area contributed by atoms with Gasteiger partial charge in [0.15, 0.2) is 0 Å². The SMILES string of the molecule is Cc1cccc2c1CCN1C(=O)CN=C(n3cnc(C(C)C)c3)C=C21. The minimum absolute atomic E-state index is 0.0533. The highest BCUT2D eigenvalue weighted by Crippen LogP contribution is 2.32. The van der Waals surface area contributed by atoms with Crippen LogP contribution in [0.4, 0.5) is 0 Å². The molecule has 2 aliphatic rings. The van der Waals surface area contributed by atoms with Crippen LogP contribution < -0.4 is 0 Å². The van der Waals surface area contributed by atoms with Crippen molar-refractivity contribution in [2.24, 2.45) is 4.99 Å². The van der Waals surface area contributed by atoms with Crippen molar-refractivity contribution in [3.05, 3.63) is 59.2 Å². The second-order valence-corrected chi connectivity index (χ2v) is 6.96. The lowest BCUT2D eigenvalue weighted by Gasteiger charge is -2.31. The molecule has 0 saturated carbocycles. The van der Waals surface area contributed by atoms with Gasteiger partial charge in [0.05, 0.1) is 11.4 Å².